The molecule has 5 rings (SSSR count). The van der Waals surface area contributed by atoms with E-state index < -0.39 is 12.0 Å². The summed E-state index contributed by atoms with van der Waals surface area (Å²) in [6.07, 6.45) is 2.62. The van der Waals surface area contributed by atoms with Crippen LogP contribution in [0.2, 0.25) is 0 Å². The average Bonchev–Trinajstić information content (AvgIpc) is 3.00. The predicted octanol–water partition coefficient (Wildman–Crippen LogP) is 6.01. The zero-order valence-corrected chi connectivity index (χ0v) is 23.4. The van der Waals surface area contributed by atoms with Crippen molar-refractivity contribution in [2.24, 2.45) is 5.92 Å². The van der Waals surface area contributed by atoms with E-state index in [1.165, 1.54) is 11.1 Å². The van der Waals surface area contributed by atoms with Crippen LogP contribution < -0.4 is 10.6 Å². The number of hydrogen-bond acceptors (Lipinski definition) is 3. The zero-order chi connectivity index (χ0) is 29.3. The number of aryl methyl sites for hydroxylation is 1. The van der Waals surface area contributed by atoms with Crippen LogP contribution in [0.5, 0.6) is 0 Å². The van der Waals surface area contributed by atoms with Gasteiger partial charge in [-0.05, 0) is 65.1 Å². The van der Waals surface area contributed by atoms with Gasteiger partial charge in [-0.25, -0.2) is 4.79 Å². The molecule has 42 heavy (non-hydrogen) atoms. The standard InChI is InChI=1S/C35H35N3O4/c39-32(23-36-35(42)37-30-16-9-14-27(21-30)22-33(40)41)38(24-26-12-5-2-6-13-26)34-29(20-25-10-3-1-4-11-25)19-18-28-15-7-8-17-31(28)34/h1-17,21,29,34H,18-20,22-24H2,(H,40,41)(H2,36,37,42)/t29-,34?/m1/s1. The first kappa shape index (κ1) is 28.6. The van der Waals surface area contributed by atoms with Gasteiger partial charge in [-0.15, -0.1) is 0 Å². The third kappa shape index (κ3) is 7.43. The number of urea groups is 1. The number of carboxylic acids is 1. The van der Waals surface area contributed by atoms with Crippen molar-refractivity contribution in [1.29, 1.82) is 0 Å². The molecule has 0 heterocycles. The molecular formula is C35H35N3O4. The molecule has 1 aliphatic rings. The molecule has 214 valence electrons. The molecule has 7 heteroatoms. The van der Waals surface area contributed by atoms with Crippen LogP contribution in [-0.2, 0) is 35.4 Å². The molecule has 0 saturated carbocycles. The highest BCUT2D eigenvalue weighted by molar-refractivity contribution is 5.92. The molecule has 4 aromatic rings. The molecule has 1 unspecified atom stereocenters. The number of amides is 3. The number of fused-ring (bicyclic) bond motifs is 1. The molecule has 0 bridgehead atoms. The van der Waals surface area contributed by atoms with E-state index in [9.17, 15) is 14.4 Å². The summed E-state index contributed by atoms with van der Waals surface area (Å²) < 4.78 is 0. The van der Waals surface area contributed by atoms with Crippen molar-refractivity contribution in [3.8, 4) is 0 Å². The van der Waals surface area contributed by atoms with Crippen LogP contribution in [0, 0.1) is 5.92 Å². The largest absolute Gasteiger partial charge is 0.481 e. The highest BCUT2D eigenvalue weighted by Crippen LogP contribution is 2.41. The van der Waals surface area contributed by atoms with Crippen molar-refractivity contribution < 1.29 is 19.5 Å². The molecular weight excluding hydrogens is 526 g/mol. The summed E-state index contributed by atoms with van der Waals surface area (Å²) in [7, 11) is 0. The Bertz CT molecular complexity index is 1520. The maximum absolute atomic E-state index is 14.0. The summed E-state index contributed by atoms with van der Waals surface area (Å²) in [6, 6.07) is 34.7. The molecule has 7 nitrogen and oxygen atoms in total. The van der Waals surface area contributed by atoms with Crippen LogP contribution >= 0.6 is 0 Å². The van der Waals surface area contributed by atoms with Crippen molar-refractivity contribution in [1.82, 2.24) is 10.2 Å². The summed E-state index contributed by atoms with van der Waals surface area (Å²) in [5.41, 5.74) is 5.71. The Kier molecular flexibility index (Phi) is 9.29. The number of carbonyl (C=O) groups excluding carboxylic acids is 2. The molecule has 0 spiro atoms. The Labute approximate surface area is 246 Å². The number of benzene rings is 4. The van der Waals surface area contributed by atoms with E-state index in [2.05, 4.69) is 34.9 Å². The normalized spacial score (nSPS) is 15.7. The Hall–Kier alpha value is -4.91. The van der Waals surface area contributed by atoms with Crippen LogP contribution in [0.3, 0.4) is 0 Å². The lowest BCUT2D eigenvalue weighted by molar-refractivity contribution is -0.136. The second-order valence-electron chi connectivity index (χ2n) is 10.7. The molecule has 3 N–H and O–H groups in total. The van der Waals surface area contributed by atoms with E-state index in [-0.39, 0.29) is 30.8 Å². The summed E-state index contributed by atoms with van der Waals surface area (Å²) in [4.78, 5) is 39.8. The number of anilines is 1. The molecule has 0 fully saturated rings. The van der Waals surface area contributed by atoms with E-state index in [0.29, 0.717) is 17.8 Å². The average molecular weight is 562 g/mol. The third-order valence-corrected chi connectivity index (χ3v) is 7.74. The molecule has 0 saturated heterocycles. The van der Waals surface area contributed by atoms with E-state index >= 15 is 0 Å². The maximum Gasteiger partial charge on any atom is 0.319 e. The lowest BCUT2D eigenvalue weighted by atomic mass is 9.76. The Morgan fingerprint density at radius 3 is 2.19 bits per heavy atom. The number of aliphatic carboxylic acids is 1. The molecule has 0 aliphatic heterocycles. The quantitative estimate of drug-likeness (QED) is 0.221. The first-order valence-corrected chi connectivity index (χ1v) is 14.3. The minimum absolute atomic E-state index is 0.142. The van der Waals surface area contributed by atoms with Crippen molar-refractivity contribution in [3.05, 3.63) is 137 Å². The van der Waals surface area contributed by atoms with Gasteiger partial charge in [-0.2, -0.15) is 0 Å². The van der Waals surface area contributed by atoms with Gasteiger partial charge in [0.15, 0.2) is 0 Å². The Morgan fingerprint density at radius 1 is 0.786 bits per heavy atom. The van der Waals surface area contributed by atoms with Gasteiger partial charge < -0.3 is 20.6 Å². The number of nitrogens with one attached hydrogen (secondary N) is 2. The van der Waals surface area contributed by atoms with Gasteiger partial charge in [0.05, 0.1) is 19.0 Å². The van der Waals surface area contributed by atoms with E-state index in [4.69, 9.17) is 5.11 Å². The number of carboxylic acid groups (broad SMARTS) is 1. The van der Waals surface area contributed by atoms with Crippen molar-refractivity contribution in [2.75, 3.05) is 11.9 Å². The van der Waals surface area contributed by atoms with Gasteiger partial charge in [0.2, 0.25) is 5.91 Å². The zero-order valence-electron chi connectivity index (χ0n) is 23.4. The monoisotopic (exact) mass is 561 g/mol. The van der Waals surface area contributed by atoms with E-state index in [0.717, 1.165) is 30.4 Å². The lowest BCUT2D eigenvalue weighted by Gasteiger charge is -2.42. The summed E-state index contributed by atoms with van der Waals surface area (Å²) in [5, 5.41) is 14.5. The van der Waals surface area contributed by atoms with E-state index in [1.807, 2.05) is 65.6 Å². The van der Waals surface area contributed by atoms with Crippen LogP contribution in [0.4, 0.5) is 10.5 Å². The molecule has 0 aromatic heterocycles. The van der Waals surface area contributed by atoms with E-state index in [1.54, 1.807) is 24.3 Å². The van der Waals surface area contributed by atoms with Crippen LogP contribution in [0.1, 0.15) is 40.3 Å². The molecule has 3 amide bonds. The topological polar surface area (TPSA) is 98.7 Å². The highest BCUT2D eigenvalue weighted by Gasteiger charge is 2.36. The number of nitrogens with zero attached hydrogens (tertiary/aromatic N) is 1. The maximum atomic E-state index is 14.0. The number of hydrogen-bond donors (Lipinski definition) is 3. The van der Waals surface area contributed by atoms with Crippen molar-refractivity contribution in [3.63, 3.8) is 0 Å². The highest BCUT2D eigenvalue weighted by atomic mass is 16.4. The fraction of sp³-hybridized carbons (Fsp3) is 0.229. The lowest BCUT2D eigenvalue weighted by Crippen LogP contribution is -2.46. The molecule has 1 aliphatic carbocycles. The molecule has 4 aromatic carbocycles. The molecule has 0 radical (unpaired) electrons. The first-order chi connectivity index (χ1) is 20.5. The van der Waals surface area contributed by atoms with Crippen molar-refractivity contribution >= 4 is 23.6 Å². The first-order valence-electron chi connectivity index (χ1n) is 14.3. The Morgan fingerprint density at radius 2 is 1.45 bits per heavy atom. The van der Waals surface area contributed by atoms with Gasteiger partial charge >= 0.3 is 12.0 Å². The smallest absolute Gasteiger partial charge is 0.319 e. The second-order valence-corrected chi connectivity index (χ2v) is 10.7. The third-order valence-electron chi connectivity index (χ3n) is 7.74. The minimum atomic E-state index is -0.949. The summed E-state index contributed by atoms with van der Waals surface area (Å²) in [6.45, 7) is 0.245. The van der Waals surface area contributed by atoms with Gasteiger partial charge in [-0.3, -0.25) is 9.59 Å². The van der Waals surface area contributed by atoms with Crippen molar-refractivity contribution in [2.45, 2.75) is 38.3 Å². The van der Waals surface area contributed by atoms with Crippen LogP contribution in [0.25, 0.3) is 0 Å². The second kappa shape index (κ2) is 13.6. The van der Waals surface area contributed by atoms with Gasteiger partial charge in [0.1, 0.15) is 0 Å². The minimum Gasteiger partial charge on any atom is -0.481 e. The van der Waals surface area contributed by atoms with Gasteiger partial charge in [0.25, 0.3) is 0 Å². The summed E-state index contributed by atoms with van der Waals surface area (Å²) in [5.74, 6) is -0.912. The number of rotatable bonds is 10. The predicted molar refractivity (Wildman–Crippen MR) is 163 cm³/mol. The summed E-state index contributed by atoms with van der Waals surface area (Å²) >= 11 is 0. The van der Waals surface area contributed by atoms with Gasteiger partial charge in [0, 0.05) is 12.2 Å². The SMILES string of the molecule is O=C(O)Cc1cccc(NC(=O)NCC(=O)N(Cc2ccccc2)C2c3ccccc3CC[C@@H]2Cc2ccccc2)c1. The Balaban J connectivity index is 1.38. The van der Waals surface area contributed by atoms with Crippen LogP contribution in [-0.4, -0.2) is 34.5 Å². The number of carbonyl (C=O) groups is 3. The molecule has 2 atom stereocenters. The van der Waals surface area contributed by atoms with Crippen LogP contribution in [0.15, 0.2) is 109 Å². The fourth-order valence-electron chi connectivity index (χ4n) is 5.84. The van der Waals surface area contributed by atoms with Gasteiger partial charge in [-0.1, -0.05) is 97.1 Å². The fourth-order valence-corrected chi connectivity index (χ4v) is 5.84.